The summed E-state index contributed by atoms with van der Waals surface area (Å²) in [6.45, 7) is 4.12. The van der Waals surface area contributed by atoms with Crippen LogP contribution in [-0.4, -0.2) is 23.1 Å². The smallest absolute Gasteiger partial charge is 0.225 e. The Morgan fingerprint density at radius 1 is 1.31 bits per heavy atom. The average molecular weight is 176 g/mol. The van der Waals surface area contributed by atoms with Crippen molar-refractivity contribution in [3.63, 3.8) is 0 Å². The largest absolute Gasteiger partial charge is 0.341 e. The monoisotopic (exact) mass is 176 g/mol. The number of hydrogen-bond donors (Lipinski definition) is 0. The summed E-state index contributed by atoms with van der Waals surface area (Å²) in [4.78, 5) is 10.9. The van der Waals surface area contributed by atoms with E-state index < -0.39 is 0 Å². The molecule has 1 aromatic heterocycles. The molecule has 0 bridgehead atoms. The Morgan fingerprint density at radius 3 is 2.77 bits per heavy atom. The number of nitrogens with zero attached hydrogens (tertiary/aromatic N) is 3. The van der Waals surface area contributed by atoms with Crippen molar-refractivity contribution in [1.29, 1.82) is 0 Å². The number of hydrogen-bond acceptors (Lipinski definition) is 3. The normalized spacial score (nSPS) is 17.5. The van der Waals surface area contributed by atoms with E-state index in [0.29, 0.717) is 0 Å². The average Bonchev–Trinajstić information content (AvgIpc) is 2.19. The number of rotatable bonds is 1. The SMILES string of the molecule is Cc1ccnc(N2CC[CH]CC2)n1. The zero-order valence-corrected chi connectivity index (χ0v) is 7.90. The molecule has 2 rings (SSSR count). The highest BCUT2D eigenvalue weighted by atomic mass is 15.2. The molecule has 69 valence electrons. The maximum atomic E-state index is 4.40. The van der Waals surface area contributed by atoms with Gasteiger partial charge in [-0.05, 0) is 32.3 Å². The number of anilines is 1. The van der Waals surface area contributed by atoms with E-state index in [2.05, 4.69) is 21.3 Å². The predicted molar refractivity (Wildman–Crippen MR) is 52.5 cm³/mol. The van der Waals surface area contributed by atoms with Crippen molar-refractivity contribution in [2.75, 3.05) is 18.0 Å². The Hall–Kier alpha value is -1.12. The molecule has 3 nitrogen and oxygen atoms in total. The van der Waals surface area contributed by atoms with E-state index in [1.165, 1.54) is 0 Å². The molecule has 2 heterocycles. The first-order chi connectivity index (χ1) is 6.36. The Balaban J connectivity index is 2.14. The summed E-state index contributed by atoms with van der Waals surface area (Å²) in [5.41, 5.74) is 1.04. The standard InChI is InChI=1S/C10H14N3/c1-9-5-6-11-10(12-9)13-7-3-2-4-8-13/h2,5-6H,3-4,7-8H2,1H3. The van der Waals surface area contributed by atoms with Gasteiger partial charge in [0.25, 0.3) is 0 Å². The second-order valence-corrected chi connectivity index (χ2v) is 3.35. The third kappa shape index (κ3) is 1.97. The molecule has 13 heavy (non-hydrogen) atoms. The van der Waals surface area contributed by atoms with Gasteiger partial charge in [0.1, 0.15) is 0 Å². The summed E-state index contributed by atoms with van der Waals surface area (Å²) in [7, 11) is 0. The van der Waals surface area contributed by atoms with Crippen molar-refractivity contribution in [1.82, 2.24) is 9.97 Å². The highest BCUT2D eigenvalue weighted by molar-refractivity contribution is 5.30. The van der Waals surface area contributed by atoms with E-state index in [9.17, 15) is 0 Å². The quantitative estimate of drug-likeness (QED) is 0.650. The minimum atomic E-state index is 0.883. The third-order valence-corrected chi connectivity index (χ3v) is 2.27. The van der Waals surface area contributed by atoms with Gasteiger partial charge in [-0.1, -0.05) is 0 Å². The molecule has 0 spiro atoms. The molecule has 1 fully saturated rings. The van der Waals surface area contributed by atoms with Crippen molar-refractivity contribution < 1.29 is 0 Å². The van der Waals surface area contributed by atoms with Crippen molar-refractivity contribution in [2.45, 2.75) is 19.8 Å². The number of piperidine rings is 1. The summed E-state index contributed by atoms with van der Waals surface area (Å²) in [5.74, 6) is 0.883. The van der Waals surface area contributed by atoms with Crippen molar-refractivity contribution in [2.24, 2.45) is 0 Å². The predicted octanol–water partition coefficient (Wildman–Crippen LogP) is 1.59. The van der Waals surface area contributed by atoms with E-state index in [0.717, 1.165) is 37.6 Å². The number of aromatic nitrogens is 2. The van der Waals surface area contributed by atoms with Crippen molar-refractivity contribution in [3.8, 4) is 0 Å². The lowest BCUT2D eigenvalue weighted by atomic mass is 10.1. The zero-order chi connectivity index (χ0) is 9.10. The van der Waals surface area contributed by atoms with Gasteiger partial charge in [-0.25, -0.2) is 9.97 Å². The van der Waals surface area contributed by atoms with E-state index in [1.54, 1.807) is 0 Å². The Morgan fingerprint density at radius 2 is 2.08 bits per heavy atom. The van der Waals surface area contributed by atoms with Gasteiger partial charge < -0.3 is 4.90 Å². The van der Waals surface area contributed by atoms with Crippen LogP contribution in [0.3, 0.4) is 0 Å². The summed E-state index contributed by atoms with van der Waals surface area (Å²) in [6.07, 6.45) is 6.46. The summed E-state index contributed by atoms with van der Waals surface area (Å²) in [6, 6.07) is 1.93. The molecule has 0 N–H and O–H groups in total. The second kappa shape index (κ2) is 3.73. The van der Waals surface area contributed by atoms with Gasteiger partial charge in [0, 0.05) is 25.0 Å². The maximum absolute atomic E-state index is 4.40. The molecule has 0 unspecified atom stereocenters. The second-order valence-electron chi connectivity index (χ2n) is 3.35. The Kier molecular flexibility index (Phi) is 2.43. The highest BCUT2D eigenvalue weighted by Crippen LogP contribution is 2.14. The summed E-state index contributed by atoms with van der Waals surface area (Å²) >= 11 is 0. The van der Waals surface area contributed by atoms with E-state index >= 15 is 0 Å². The van der Waals surface area contributed by atoms with Crippen LogP contribution in [0.2, 0.25) is 0 Å². The maximum Gasteiger partial charge on any atom is 0.225 e. The van der Waals surface area contributed by atoms with Crippen LogP contribution in [0, 0.1) is 13.3 Å². The molecular formula is C10H14N3. The minimum absolute atomic E-state index is 0.883. The fourth-order valence-corrected chi connectivity index (χ4v) is 1.54. The zero-order valence-electron chi connectivity index (χ0n) is 7.90. The first-order valence-corrected chi connectivity index (χ1v) is 4.72. The molecule has 3 heteroatoms. The van der Waals surface area contributed by atoms with Gasteiger partial charge in [0.2, 0.25) is 5.95 Å². The molecular weight excluding hydrogens is 162 g/mol. The molecule has 0 amide bonds. The Labute approximate surface area is 78.8 Å². The van der Waals surface area contributed by atoms with Crippen LogP contribution in [0.5, 0.6) is 0 Å². The van der Waals surface area contributed by atoms with Crippen LogP contribution in [0.4, 0.5) is 5.95 Å². The van der Waals surface area contributed by atoms with E-state index in [4.69, 9.17) is 0 Å². The minimum Gasteiger partial charge on any atom is -0.341 e. The van der Waals surface area contributed by atoms with Crippen LogP contribution < -0.4 is 4.90 Å². The fourth-order valence-electron chi connectivity index (χ4n) is 1.54. The molecule has 1 saturated heterocycles. The van der Waals surface area contributed by atoms with E-state index in [-0.39, 0.29) is 0 Å². The Bertz CT molecular complexity index is 279. The van der Waals surface area contributed by atoms with Gasteiger partial charge in [-0.2, -0.15) is 0 Å². The molecule has 0 aliphatic carbocycles. The molecule has 0 saturated carbocycles. The van der Waals surface area contributed by atoms with Crippen molar-refractivity contribution >= 4 is 5.95 Å². The van der Waals surface area contributed by atoms with Crippen LogP contribution in [0.1, 0.15) is 18.5 Å². The van der Waals surface area contributed by atoms with Crippen LogP contribution in [0.25, 0.3) is 0 Å². The fraction of sp³-hybridized carbons (Fsp3) is 0.500. The first kappa shape index (κ1) is 8.48. The first-order valence-electron chi connectivity index (χ1n) is 4.72. The third-order valence-electron chi connectivity index (χ3n) is 2.27. The topological polar surface area (TPSA) is 29.0 Å². The van der Waals surface area contributed by atoms with Crippen LogP contribution in [0.15, 0.2) is 12.3 Å². The van der Waals surface area contributed by atoms with E-state index in [1.807, 2.05) is 19.2 Å². The van der Waals surface area contributed by atoms with Crippen LogP contribution >= 0.6 is 0 Å². The molecule has 1 aliphatic rings. The van der Waals surface area contributed by atoms with Gasteiger partial charge in [0.15, 0.2) is 0 Å². The highest BCUT2D eigenvalue weighted by Gasteiger charge is 2.12. The lowest BCUT2D eigenvalue weighted by Crippen LogP contribution is -2.31. The molecule has 1 radical (unpaired) electrons. The molecule has 0 atom stereocenters. The summed E-state index contributed by atoms with van der Waals surface area (Å²) in [5, 5.41) is 0. The van der Waals surface area contributed by atoms with Gasteiger partial charge >= 0.3 is 0 Å². The lowest BCUT2D eigenvalue weighted by Gasteiger charge is -2.26. The van der Waals surface area contributed by atoms with Crippen molar-refractivity contribution in [3.05, 3.63) is 24.4 Å². The van der Waals surface area contributed by atoms with Gasteiger partial charge in [-0.3, -0.25) is 0 Å². The lowest BCUT2D eigenvalue weighted by molar-refractivity contribution is 0.660. The molecule has 1 aromatic rings. The van der Waals surface area contributed by atoms with Gasteiger partial charge in [-0.15, -0.1) is 0 Å². The van der Waals surface area contributed by atoms with Gasteiger partial charge in [0.05, 0.1) is 0 Å². The molecule has 0 aromatic carbocycles. The van der Waals surface area contributed by atoms with Crippen LogP contribution in [-0.2, 0) is 0 Å². The summed E-state index contributed by atoms with van der Waals surface area (Å²) < 4.78 is 0. The number of aryl methyl sites for hydroxylation is 1. The molecule has 1 aliphatic heterocycles.